The Bertz CT molecular complexity index is 1220. The van der Waals surface area contributed by atoms with Gasteiger partial charge in [-0.1, -0.05) is 18.2 Å². The fourth-order valence-electron chi connectivity index (χ4n) is 4.23. The van der Waals surface area contributed by atoms with Crippen LogP contribution in [0.5, 0.6) is 5.75 Å². The maximum absolute atomic E-state index is 6.07. The molecule has 1 atom stereocenters. The average molecular weight is 460 g/mol. The molecule has 5 rings (SSSR count). The minimum Gasteiger partial charge on any atom is -0.493 e. The van der Waals surface area contributed by atoms with Gasteiger partial charge in [0.2, 0.25) is 0 Å². The van der Waals surface area contributed by atoms with E-state index < -0.39 is 0 Å². The normalized spacial score (nSPS) is 16.1. The zero-order chi connectivity index (χ0) is 22.5. The first-order valence-corrected chi connectivity index (χ1v) is 12.5. The molecule has 1 saturated heterocycles. The lowest BCUT2D eigenvalue weighted by atomic mass is 10.0. The van der Waals surface area contributed by atoms with Crippen LogP contribution in [0.2, 0.25) is 0 Å². The SMILES string of the molecule is Cc1nc(NCCc2cccc(OCC3CCCNC3)c2)cc(-c2ccc3ncsc3c2)n1. The number of piperidine rings is 1. The van der Waals surface area contributed by atoms with Crippen LogP contribution in [0.15, 0.2) is 54.0 Å². The van der Waals surface area contributed by atoms with Crippen LogP contribution in [-0.4, -0.2) is 41.2 Å². The summed E-state index contributed by atoms with van der Waals surface area (Å²) in [6.45, 7) is 5.70. The van der Waals surface area contributed by atoms with E-state index in [2.05, 4.69) is 55.9 Å². The number of aromatic nitrogens is 3. The molecule has 4 aromatic rings. The lowest BCUT2D eigenvalue weighted by molar-refractivity contribution is 0.218. The van der Waals surface area contributed by atoms with Crippen LogP contribution in [0, 0.1) is 12.8 Å². The van der Waals surface area contributed by atoms with E-state index >= 15 is 0 Å². The Balaban J connectivity index is 1.19. The zero-order valence-corrected chi connectivity index (χ0v) is 19.7. The number of anilines is 1. The van der Waals surface area contributed by atoms with Crippen molar-refractivity contribution in [2.75, 3.05) is 31.6 Å². The van der Waals surface area contributed by atoms with Gasteiger partial charge in [-0.15, -0.1) is 11.3 Å². The van der Waals surface area contributed by atoms with Gasteiger partial charge in [-0.2, -0.15) is 0 Å². The molecular weight excluding hydrogens is 430 g/mol. The highest BCUT2D eigenvalue weighted by molar-refractivity contribution is 7.16. The largest absolute Gasteiger partial charge is 0.493 e. The third-order valence-electron chi connectivity index (χ3n) is 5.97. The summed E-state index contributed by atoms with van der Waals surface area (Å²) in [6.07, 6.45) is 3.38. The van der Waals surface area contributed by atoms with Gasteiger partial charge in [0.15, 0.2) is 0 Å². The summed E-state index contributed by atoms with van der Waals surface area (Å²) in [5.41, 5.74) is 6.16. The van der Waals surface area contributed by atoms with Gasteiger partial charge in [0.25, 0.3) is 0 Å². The Kier molecular flexibility index (Phi) is 6.79. The van der Waals surface area contributed by atoms with Crippen molar-refractivity contribution >= 4 is 27.4 Å². The summed E-state index contributed by atoms with van der Waals surface area (Å²) < 4.78 is 7.24. The van der Waals surface area contributed by atoms with Crippen LogP contribution in [0.1, 0.15) is 24.2 Å². The van der Waals surface area contributed by atoms with Gasteiger partial charge in [-0.05, 0) is 62.6 Å². The first kappa shape index (κ1) is 21.8. The molecule has 0 bridgehead atoms. The van der Waals surface area contributed by atoms with E-state index in [0.717, 1.165) is 66.8 Å². The number of benzene rings is 2. The third-order valence-corrected chi connectivity index (χ3v) is 6.76. The molecule has 6 nitrogen and oxygen atoms in total. The van der Waals surface area contributed by atoms with E-state index in [1.54, 1.807) is 11.3 Å². The van der Waals surface area contributed by atoms with Crippen molar-refractivity contribution in [2.45, 2.75) is 26.2 Å². The maximum Gasteiger partial charge on any atom is 0.130 e. The minimum atomic E-state index is 0.607. The molecule has 0 saturated carbocycles. The summed E-state index contributed by atoms with van der Waals surface area (Å²) >= 11 is 1.65. The predicted molar refractivity (Wildman–Crippen MR) is 135 cm³/mol. The van der Waals surface area contributed by atoms with E-state index in [1.165, 1.54) is 23.1 Å². The second kappa shape index (κ2) is 10.3. The Morgan fingerprint density at radius 2 is 2.12 bits per heavy atom. The van der Waals surface area contributed by atoms with Gasteiger partial charge in [0.1, 0.15) is 17.4 Å². The topological polar surface area (TPSA) is 72.0 Å². The molecule has 170 valence electrons. The highest BCUT2D eigenvalue weighted by atomic mass is 32.1. The Labute approximate surface area is 198 Å². The van der Waals surface area contributed by atoms with Gasteiger partial charge in [0, 0.05) is 30.6 Å². The number of hydrogen-bond donors (Lipinski definition) is 2. The molecular formula is C26H29N5OS. The number of nitrogens with one attached hydrogen (secondary N) is 2. The standard InChI is InChI=1S/C26H29N5OS/c1-18-30-24(21-7-8-23-25(13-21)33-17-29-23)14-26(31-18)28-11-9-19-4-2-6-22(12-19)32-16-20-5-3-10-27-15-20/h2,4,6-8,12-14,17,20,27H,3,5,9-11,15-16H2,1H3,(H,28,30,31). The number of ether oxygens (including phenoxy) is 1. The molecule has 1 unspecified atom stereocenters. The molecule has 1 fully saturated rings. The van der Waals surface area contributed by atoms with Crippen LogP contribution >= 0.6 is 11.3 Å². The molecule has 0 amide bonds. The third kappa shape index (κ3) is 5.67. The van der Waals surface area contributed by atoms with E-state index in [-0.39, 0.29) is 0 Å². The molecule has 33 heavy (non-hydrogen) atoms. The zero-order valence-electron chi connectivity index (χ0n) is 18.9. The van der Waals surface area contributed by atoms with Crippen molar-refractivity contribution < 1.29 is 4.74 Å². The number of rotatable bonds is 8. The first-order valence-electron chi connectivity index (χ1n) is 11.6. The predicted octanol–water partition coefficient (Wildman–Crippen LogP) is 5.09. The van der Waals surface area contributed by atoms with Crippen LogP contribution in [0.4, 0.5) is 5.82 Å². The molecule has 1 aliphatic rings. The first-order chi connectivity index (χ1) is 16.2. The van der Waals surface area contributed by atoms with Gasteiger partial charge < -0.3 is 15.4 Å². The second-order valence-electron chi connectivity index (χ2n) is 8.57. The Morgan fingerprint density at radius 1 is 1.15 bits per heavy atom. The van der Waals surface area contributed by atoms with Crippen molar-refractivity contribution in [3.63, 3.8) is 0 Å². The summed E-state index contributed by atoms with van der Waals surface area (Å²) in [5.74, 6) is 3.17. The lowest BCUT2D eigenvalue weighted by Crippen LogP contribution is -2.33. The molecule has 7 heteroatoms. The van der Waals surface area contributed by atoms with Crippen molar-refractivity contribution in [1.82, 2.24) is 20.3 Å². The average Bonchev–Trinajstić information content (AvgIpc) is 3.31. The van der Waals surface area contributed by atoms with Crippen molar-refractivity contribution in [3.8, 4) is 17.0 Å². The molecule has 3 heterocycles. The molecule has 2 N–H and O–H groups in total. The quantitative estimate of drug-likeness (QED) is 0.382. The fraction of sp³-hybridized carbons (Fsp3) is 0.346. The summed E-state index contributed by atoms with van der Waals surface area (Å²) in [5, 5.41) is 6.92. The number of hydrogen-bond acceptors (Lipinski definition) is 7. The maximum atomic E-state index is 6.07. The van der Waals surface area contributed by atoms with Crippen LogP contribution in [0.25, 0.3) is 21.5 Å². The summed E-state index contributed by atoms with van der Waals surface area (Å²) in [6, 6.07) is 16.7. The molecule has 2 aromatic heterocycles. The molecule has 0 spiro atoms. The molecule has 0 aliphatic carbocycles. The second-order valence-corrected chi connectivity index (χ2v) is 9.45. The van der Waals surface area contributed by atoms with E-state index in [9.17, 15) is 0 Å². The van der Waals surface area contributed by atoms with Crippen molar-refractivity contribution in [2.24, 2.45) is 5.92 Å². The van der Waals surface area contributed by atoms with E-state index in [1.807, 2.05) is 30.6 Å². The molecule has 2 aromatic carbocycles. The van der Waals surface area contributed by atoms with Crippen LogP contribution in [0.3, 0.4) is 0 Å². The highest BCUT2D eigenvalue weighted by Gasteiger charge is 2.13. The highest BCUT2D eigenvalue weighted by Crippen LogP contribution is 2.26. The van der Waals surface area contributed by atoms with E-state index in [4.69, 9.17) is 4.74 Å². The van der Waals surface area contributed by atoms with Crippen molar-refractivity contribution in [3.05, 3.63) is 65.4 Å². The minimum absolute atomic E-state index is 0.607. The molecule has 0 radical (unpaired) electrons. The Morgan fingerprint density at radius 3 is 3.03 bits per heavy atom. The van der Waals surface area contributed by atoms with Gasteiger partial charge in [-0.3, -0.25) is 0 Å². The summed E-state index contributed by atoms with van der Waals surface area (Å²) in [7, 11) is 0. The summed E-state index contributed by atoms with van der Waals surface area (Å²) in [4.78, 5) is 13.6. The lowest BCUT2D eigenvalue weighted by Gasteiger charge is -2.22. The monoisotopic (exact) mass is 459 g/mol. The fourth-order valence-corrected chi connectivity index (χ4v) is 4.94. The number of thiazole rings is 1. The van der Waals surface area contributed by atoms with Crippen molar-refractivity contribution in [1.29, 1.82) is 0 Å². The smallest absolute Gasteiger partial charge is 0.130 e. The number of aryl methyl sites for hydroxylation is 1. The molecule has 1 aliphatic heterocycles. The van der Waals surface area contributed by atoms with Crippen LogP contribution in [-0.2, 0) is 6.42 Å². The number of fused-ring (bicyclic) bond motifs is 1. The van der Waals surface area contributed by atoms with Gasteiger partial charge in [-0.25, -0.2) is 15.0 Å². The number of nitrogens with zero attached hydrogens (tertiary/aromatic N) is 3. The van der Waals surface area contributed by atoms with Gasteiger partial charge >= 0.3 is 0 Å². The Hall–Kier alpha value is -3.03. The van der Waals surface area contributed by atoms with Crippen LogP contribution < -0.4 is 15.4 Å². The van der Waals surface area contributed by atoms with E-state index in [0.29, 0.717) is 5.92 Å². The van der Waals surface area contributed by atoms with Gasteiger partial charge in [0.05, 0.1) is 28.0 Å².